The van der Waals surface area contributed by atoms with Crippen molar-refractivity contribution < 1.29 is 23.0 Å². The van der Waals surface area contributed by atoms with Gasteiger partial charge < -0.3 is 20.1 Å². The van der Waals surface area contributed by atoms with Gasteiger partial charge in [0.2, 0.25) is 5.82 Å². The smallest absolute Gasteiger partial charge is 0.251 e. The number of amides is 1. The van der Waals surface area contributed by atoms with Gasteiger partial charge in [0.05, 0.1) is 32.2 Å². The number of nitrogens with one attached hydrogen (secondary N) is 2. The lowest BCUT2D eigenvalue weighted by atomic mass is 10.0. The van der Waals surface area contributed by atoms with Crippen molar-refractivity contribution in [1.29, 1.82) is 0 Å². The van der Waals surface area contributed by atoms with Crippen LogP contribution in [-0.2, 0) is 11.2 Å². The van der Waals surface area contributed by atoms with Gasteiger partial charge in [-0.25, -0.2) is 14.4 Å². The van der Waals surface area contributed by atoms with Crippen molar-refractivity contribution in [3.8, 4) is 17.0 Å². The van der Waals surface area contributed by atoms with Crippen LogP contribution in [0.15, 0.2) is 48.9 Å². The van der Waals surface area contributed by atoms with Crippen molar-refractivity contribution in [1.82, 2.24) is 19.7 Å². The molecule has 36 heavy (non-hydrogen) atoms. The van der Waals surface area contributed by atoms with E-state index in [2.05, 4.69) is 20.6 Å². The number of fused-ring (bicyclic) bond motifs is 1. The molecule has 2 aromatic heterocycles. The lowest BCUT2D eigenvalue weighted by molar-refractivity contribution is -0.0298. The molecular weight excluding hydrogens is 468 g/mol. The number of aryl methyl sites for hydroxylation is 1. The summed E-state index contributed by atoms with van der Waals surface area (Å²) in [6, 6.07) is 8.30. The first-order valence-corrected chi connectivity index (χ1v) is 11.6. The van der Waals surface area contributed by atoms with E-state index in [1.165, 1.54) is 25.4 Å². The van der Waals surface area contributed by atoms with Crippen LogP contribution >= 0.6 is 0 Å². The second-order valence-electron chi connectivity index (χ2n) is 8.52. The van der Waals surface area contributed by atoms with Crippen LogP contribution in [0.25, 0.3) is 16.9 Å². The van der Waals surface area contributed by atoms with Gasteiger partial charge in [-0.2, -0.15) is 4.39 Å². The van der Waals surface area contributed by atoms with Gasteiger partial charge in [0, 0.05) is 41.7 Å². The number of halogens is 2. The molecule has 1 aliphatic rings. The Kier molecular flexibility index (Phi) is 6.51. The summed E-state index contributed by atoms with van der Waals surface area (Å²) in [6.45, 7) is 3.93. The fourth-order valence-electron chi connectivity index (χ4n) is 4.15. The van der Waals surface area contributed by atoms with Gasteiger partial charge in [-0.15, -0.1) is 0 Å². The second-order valence-corrected chi connectivity index (χ2v) is 8.52. The predicted molar refractivity (Wildman–Crippen MR) is 131 cm³/mol. The Hall–Kier alpha value is -4.05. The fourth-order valence-corrected chi connectivity index (χ4v) is 4.15. The van der Waals surface area contributed by atoms with Gasteiger partial charge in [-0.05, 0) is 42.3 Å². The van der Waals surface area contributed by atoms with Crippen LogP contribution in [0.3, 0.4) is 0 Å². The molecule has 2 aromatic carbocycles. The Bertz CT molecular complexity index is 1430. The summed E-state index contributed by atoms with van der Waals surface area (Å²) in [6.07, 6.45) is 5.30. The molecule has 8 nitrogen and oxygen atoms in total. The Morgan fingerprint density at radius 3 is 2.75 bits per heavy atom. The minimum Gasteiger partial charge on any atom is -0.494 e. The van der Waals surface area contributed by atoms with E-state index in [1.807, 2.05) is 13.0 Å². The van der Waals surface area contributed by atoms with Crippen molar-refractivity contribution in [2.75, 3.05) is 32.2 Å². The van der Waals surface area contributed by atoms with E-state index in [-0.39, 0.29) is 17.2 Å². The zero-order chi connectivity index (χ0) is 25.2. The highest BCUT2D eigenvalue weighted by Gasteiger charge is 2.21. The van der Waals surface area contributed by atoms with Gasteiger partial charge in [0.15, 0.2) is 23.0 Å². The van der Waals surface area contributed by atoms with Crippen LogP contribution in [0.5, 0.6) is 5.75 Å². The van der Waals surface area contributed by atoms with Crippen LogP contribution in [0.4, 0.5) is 20.3 Å². The summed E-state index contributed by atoms with van der Waals surface area (Å²) < 4.78 is 40.7. The van der Waals surface area contributed by atoms with Crippen molar-refractivity contribution >= 4 is 23.1 Å². The van der Waals surface area contributed by atoms with E-state index in [1.54, 1.807) is 28.9 Å². The molecule has 0 spiro atoms. The first-order chi connectivity index (χ1) is 17.5. The number of benzene rings is 2. The topological polar surface area (TPSA) is 89.8 Å². The minimum absolute atomic E-state index is 0.0510. The highest BCUT2D eigenvalue weighted by atomic mass is 19.2. The monoisotopic (exact) mass is 493 g/mol. The SMILES string of the molecule is CCc1cc(Nc2nccn3c(-c4ccc(OC)c(F)c4F)cnc23)ccc1C(=O)NCC1COC1. The maximum absolute atomic E-state index is 14.7. The molecule has 1 fully saturated rings. The van der Waals surface area contributed by atoms with Crippen molar-refractivity contribution in [2.24, 2.45) is 5.92 Å². The van der Waals surface area contributed by atoms with Crippen LogP contribution in [0.2, 0.25) is 0 Å². The third kappa shape index (κ3) is 4.35. The average Bonchev–Trinajstić information content (AvgIpc) is 3.29. The Balaban J connectivity index is 1.41. The molecule has 0 aliphatic carbocycles. The molecule has 1 saturated heterocycles. The molecule has 4 aromatic rings. The molecule has 186 valence electrons. The van der Waals surface area contributed by atoms with E-state index in [9.17, 15) is 13.6 Å². The second kappa shape index (κ2) is 9.90. The molecule has 0 unspecified atom stereocenters. The van der Waals surface area contributed by atoms with Crippen molar-refractivity contribution in [2.45, 2.75) is 13.3 Å². The van der Waals surface area contributed by atoms with E-state index in [0.29, 0.717) is 54.8 Å². The van der Waals surface area contributed by atoms with Gasteiger partial charge in [0.25, 0.3) is 5.91 Å². The normalized spacial score (nSPS) is 13.4. The van der Waals surface area contributed by atoms with Gasteiger partial charge in [-0.3, -0.25) is 9.20 Å². The zero-order valence-corrected chi connectivity index (χ0v) is 19.8. The van der Waals surface area contributed by atoms with Gasteiger partial charge in [-0.1, -0.05) is 6.92 Å². The number of imidazole rings is 1. The quantitative estimate of drug-likeness (QED) is 0.379. The molecule has 2 N–H and O–H groups in total. The Labute approximate surface area is 206 Å². The molecule has 1 aliphatic heterocycles. The third-order valence-electron chi connectivity index (χ3n) is 6.22. The van der Waals surface area contributed by atoms with Crippen LogP contribution < -0.4 is 15.4 Å². The highest BCUT2D eigenvalue weighted by Crippen LogP contribution is 2.31. The third-order valence-corrected chi connectivity index (χ3v) is 6.22. The summed E-state index contributed by atoms with van der Waals surface area (Å²) in [7, 11) is 1.28. The molecule has 10 heteroatoms. The van der Waals surface area contributed by atoms with E-state index in [4.69, 9.17) is 9.47 Å². The van der Waals surface area contributed by atoms with E-state index >= 15 is 0 Å². The number of carbonyl (C=O) groups is 1. The maximum atomic E-state index is 14.7. The Morgan fingerprint density at radius 1 is 1.19 bits per heavy atom. The predicted octanol–water partition coefficient (Wildman–Crippen LogP) is 4.37. The summed E-state index contributed by atoms with van der Waals surface area (Å²) in [5, 5.41) is 6.21. The molecule has 0 radical (unpaired) electrons. The molecule has 5 rings (SSSR count). The Morgan fingerprint density at radius 2 is 2.03 bits per heavy atom. The number of methoxy groups -OCH3 is 1. The lowest BCUT2D eigenvalue weighted by Crippen LogP contribution is -2.39. The number of nitrogens with zero attached hydrogens (tertiary/aromatic N) is 3. The molecule has 0 atom stereocenters. The van der Waals surface area contributed by atoms with Crippen molar-refractivity contribution in [3.63, 3.8) is 0 Å². The van der Waals surface area contributed by atoms with Gasteiger partial charge >= 0.3 is 0 Å². The molecular formula is C26H25F2N5O3. The summed E-state index contributed by atoms with van der Waals surface area (Å²) in [5.41, 5.74) is 3.08. The first kappa shape index (κ1) is 23.7. The molecule has 1 amide bonds. The molecule has 0 bridgehead atoms. The highest BCUT2D eigenvalue weighted by molar-refractivity contribution is 5.96. The lowest BCUT2D eigenvalue weighted by Gasteiger charge is -2.26. The zero-order valence-electron chi connectivity index (χ0n) is 19.8. The van der Waals surface area contributed by atoms with Gasteiger partial charge in [0.1, 0.15) is 0 Å². The number of aromatic nitrogens is 3. The van der Waals surface area contributed by atoms with Crippen LogP contribution in [0, 0.1) is 17.6 Å². The number of rotatable bonds is 8. The summed E-state index contributed by atoms with van der Waals surface area (Å²) in [4.78, 5) is 21.5. The maximum Gasteiger partial charge on any atom is 0.251 e. The number of carbonyl (C=O) groups excluding carboxylic acids is 1. The standard InChI is InChI=1S/C26H25F2N5O3/c1-3-16-10-17(4-5-18(16)26(34)31-11-15-13-36-14-15)32-24-25-30-12-20(33(25)9-8-29-24)19-6-7-21(35-2)23(28)22(19)27/h4-10,12,15H,3,11,13-14H2,1-2H3,(H,29,32)(H,31,34). The van der Waals surface area contributed by atoms with E-state index in [0.717, 1.165) is 11.3 Å². The molecule has 3 heterocycles. The number of anilines is 2. The number of hydrogen-bond donors (Lipinski definition) is 2. The van der Waals surface area contributed by atoms with Crippen LogP contribution in [0.1, 0.15) is 22.8 Å². The van der Waals surface area contributed by atoms with E-state index < -0.39 is 11.6 Å². The fraction of sp³-hybridized carbons (Fsp3) is 0.269. The minimum atomic E-state index is -1.06. The first-order valence-electron chi connectivity index (χ1n) is 11.6. The molecule has 0 saturated carbocycles. The number of ether oxygens (including phenoxy) is 2. The van der Waals surface area contributed by atoms with Crippen LogP contribution in [-0.4, -0.2) is 47.1 Å². The van der Waals surface area contributed by atoms with Crippen molar-refractivity contribution in [3.05, 3.63) is 71.7 Å². The number of hydrogen-bond acceptors (Lipinski definition) is 6. The average molecular weight is 494 g/mol. The summed E-state index contributed by atoms with van der Waals surface area (Å²) >= 11 is 0. The largest absolute Gasteiger partial charge is 0.494 e. The summed E-state index contributed by atoms with van der Waals surface area (Å²) in [5.74, 6) is -1.56.